The maximum Gasteiger partial charge on any atom is 0.323 e. The number of rotatable bonds is 6. The summed E-state index contributed by atoms with van der Waals surface area (Å²) in [6.45, 7) is 6.25. The maximum atomic E-state index is 13.7. The minimum atomic E-state index is -0.857. The highest BCUT2D eigenvalue weighted by molar-refractivity contribution is 5.99. The molecule has 0 saturated carbocycles. The molecule has 0 bridgehead atoms. The summed E-state index contributed by atoms with van der Waals surface area (Å²) >= 11 is 0. The number of amides is 1. The van der Waals surface area contributed by atoms with Gasteiger partial charge in [-0.1, -0.05) is 49.4 Å². The third kappa shape index (κ3) is 3.41. The molecule has 1 atom stereocenters. The molecule has 1 amide bonds. The molecule has 4 rings (SSSR count). The van der Waals surface area contributed by atoms with Crippen LogP contribution in [-0.4, -0.2) is 28.1 Å². The lowest BCUT2D eigenvalue weighted by Crippen LogP contribution is -2.45. The Hall–Kier alpha value is -3.34. The van der Waals surface area contributed by atoms with Crippen molar-refractivity contribution in [2.24, 2.45) is 5.41 Å². The summed E-state index contributed by atoms with van der Waals surface area (Å²) in [4.78, 5) is 27.0. The fourth-order valence-electron chi connectivity index (χ4n) is 4.65. The molecule has 1 N–H and O–H groups in total. The molecule has 30 heavy (non-hydrogen) atoms. The van der Waals surface area contributed by atoms with Crippen LogP contribution in [0.2, 0.25) is 0 Å². The van der Waals surface area contributed by atoms with Crippen LogP contribution < -0.4 is 4.90 Å². The number of benzene rings is 2. The lowest BCUT2D eigenvalue weighted by Gasteiger charge is -2.37. The second kappa shape index (κ2) is 7.82. The Morgan fingerprint density at radius 3 is 2.57 bits per heavy atom. The highest BCUT2D eigenvalue weighted by Gasteiger charge is 2.41. The number of aromatic nitrogens is 1. The molecule has 1 unspecified atom stereocenters. The summed E-state index contributed by atoms with van der Waals surface area (Å²) in [7, 11) is 0. The van der Waals surface area contributed by atoms with Gasteiger partial charge in [0.2, 0.25) is 5.91 Å². The zero-order chi connectivity index (χ0) is 21.3. The number of carboxylic acids is 1. The summed E-state index contributed by atoms with van der Waals surface area (Å²) in [5, 5.41) is 10.4. The first-order valence-corrected chi connectivity index (χ1v) is 10.2. The number of carboxylic acid groups (broad SMARTS) is 1. The van der Waals surface area contributed by atoms with E-state index >= 15 is 0 Å². The van der Waals surface area contributed by atoms with Gasteiger partial charge < -0.3 is 14.6 Å². The molecule has 154 valence electrons. The number of carbonyl (C=O) groups excluding carboxylic acids is 1. The van der Waals surface area contributed by atoms with Crippen molar-refractivity contribution in [2.45, 2.75) is 32.7 Å². The predicted octanol–water partition coefficient (Wildman–Crippen LogP) is 4.44. The number of fused-ring (bicyclic) bond motifs is 3. The summed E-state index contributed by atoms with van der Waals surface area (Å²) in [5.41, 5.74) is 3.36. The number of hydrogen-bond donors (Lipinski definition) is 1. The van der Waals surface area contributed by atoms with Gasteiger partial charge in [-0.15, -0.1) is 6.58 Å². The number of anilines is 1. The summed E-state index contributed by atoms with van der Waals surface area (Å²) in [6.07, 6.45) is 3.70. The van der Waals surface area contributed by atoms with Crippen LogP contribution in [0.1, 0.15) is 24.6 Å². The van der Waals surface area contributed by atoms with E-state index in [4.69, 9.17) is 0 Å². The first kappa shape index (κ1) is 20.0. The lowest BCUT2D eigenvalue weighted by molar-refractivity contribution is -0.137. The average Bonchev–Trinajstić information content (AvgIpc) is 3.04. The lowest BCUT2D eigenvalue weighted by atomic mass is 9.73. The first-order chi connectivity index (χ1) is 14.4. The summed E-state index contributed by atoms with van der Waals surface area (Å²) in [5.74, 6) is -0.779. The third-order valence-corrected chi connectivity index (χ3v) is 6.11. The molecule has 2 aromatic carbocycles. The Morgan fingerprint density at radius 1 is 1.17 bits per heavy atom. The molecular formula is C25H26N2O3. The Bertz CT molecular complexity index is 1120. The van der Waals surface area contributed by atoms with E-state index in [1.54, 1.807) is 11.0 Å². The Balaban J connectivity index is 1.74. The van der Waals surface area contributed by atoms with E-state index in [1.807, 2.05) is 66.1 Å². The Labute approximate surface area is 176 Å². The van der Waals surface area contributed by atoms with Gasteiger partial charge in [0.1, 0.15) is 6.54 Å². The molecule has 1 heterocycles. The topological polar surface area (TPSA) is 62.5 Å². The number of nitrogens with zero attached hydrogens (tertiary/aromatic N) is 2. The fraction of sp³-hybridized carbons (Fsp3) is 0.280. The van der Waals surface area contributed by atoms with E-state index in [9.17, 15) is 14.7 Å². The fourth-order valence-corrected chi connectivity index (χ4v) is 4.65. The molecule has 1 aromatic heterocycles. The number of hydrogen-bond acceptors (Lipinski definition) is 2. The molecule has 3 aromatic rings. The van der Waals surface area contributed by atoms with Crippen LogP contribution in [0.25, 0.3) is 10.9 Å². The van der Waals surface area contributed by atoms with Gasteiger partial charge in [0.25, 0.3) is 0 Å². The number of carbonyl (C=O) groups is 2. The average molecular weight is 402 g/mol. The zero-order valence-corrected chi connectivity index (χ0v) is 17.2. The third-order valence-electron chi connectivity index (χ3n) is 6.11. The van der Waals surface area contributed by atoms with Crippen LogP contribution >= 0.6 is 0 Å². The van der Waals surface area contributed by atoms with Gasteiger partial charge in [0, 0.05) is 28.8 Å². The SMILES string of the molecule is C=CCN(C(=O)C1(C)CCc2c(c3ccccc3n2CC(=O)O)C1)c1ccccc1. The van der Waals surface area contributed by atoms with E-state index in [1.165, 1.54) is 0 Å². The Morgan fingerprint density at radius 2 is 1.87 bits per heavy atom. The molecule has 0 aliphatic heterocycles. The van der Waals surface area contributed by atoms with E-state index in [-0.39, 0.29) is 12.5 Å². The van der Waals surface area contributed by atoms with Gasteiger partial charge in [0.05, 0.1) is 5.41 Å². The molecule has 0 saturated heterocycles. The van der Waals surface area contributed by atoms with Crippen molar-refractivity contribution in [2.75, 3.05) is 11.4 Å². The van der Waals surface area contributed by atoms with Crippen LogP contribution in [0.5, 0.6) is 0 Å². The van der Waals surface area contributed by atoms with E-state index in [0.717, 1.165) is 27.8 Å². The zero-order valence-electron chi connectivity index (χ0n) is 17.2. The van der Waals surface area contributed by atoms with E-state index in [2.05, 4.69) is 6.58 Å². The van der Waals surface area contributed by atoms with Crippen molar-refractivity contribution in [1.29, 1.82) is 0 Å². The van der Waals surface area contributed by atoms with Crippen molar-refractivity contribution in [3.05, 3.63) is 78.5 Å². The van der Waals surface area contributed by atoms with Crippen molar-refractivity contribution in [3.63, 3.8) is 0 Å². The van der Waals surface area contributed by atoms with Gasteiger partial charge in [-0.3, -0.25) is 9.59 Å². The molecule has 0 radical (unpaired) electrons. The maximum absolute atomic E-state index is 13.7. The van der Waals surface area contributed by atoms with Crippen LogP contribution in [0.4, 0.5) is 5.69 Å². The van der Waals surface area contributed by atoms with Crippen LogP contribution in [-0.2, 0) is 29.0 Å². The van der Waals surface area contributed by atoms with Gasteiger partial charge in [0.15, 0.2) is 0 Å². The smallest absolute Gasteiger partial charge is 0.323 e. The van der Waals surface area contributed by atoms with Crippen molar-refractivity contribution < 1.29 is 14.7 Å². The van der Waals surface area contributed by atoms with Crippen molar-refractivity contribution >= 4 is 28.5 Å². The monoisotopic (exact) mass is 402 g/mol. The quantitative estimate of drug-likeness (QED) is 0.620. The molecule has 0 spiro atoms. The molecular weight excluding hydrogens is 376 g/mol. The van der Waals surface area contributed by atoms with Crippen molar-refractivity contribution in [1.82, 2.24) is 4.57 Å². The van der Waals surface area contributed by atoms with Crippen LogP contribution in [0.3, 0.4) is 0 Å². The highest BCUT2D eigenvalue weighted by Crippen LogP contribution is 2.42. The molecule has 5 heteroatoms. The largest absolute Gasteiger partial charge is 0.480 e. The standard InChI is InChI=1S/C25H26N2O3/c1-3-15-26(18-9-5-4-6-10-18)24(30)25(2)14-13-22-20(16-25)19-11-7-8-12-21(19)27(22)17-23(28)29/h3-12H,1,13-17H2,2H3,(H,28,29). The molecule has 5 nitrogen and oxygen atoms in total. The van der Waals surface area contributed by atoms with Crippen LogP contribution in [0, 0.1) is 5.41 Å². The van der Waals surface area contributed by atoms with Crippen LogP contribution in [0.15, 0.2) is 67.3 Å². The number of para-hydroxylation sites is 2. The summed E-state index contributed by atoms with van der Waals surface area (Å²) in [6, 6.07) is 17.6. The van der Waals surface area contributed by atoms with Gasteiger partial charge in [-0.05, 0) is 43.0 Å². The van der Waals surface area contributed by atoms with E-state index in [0.29, 0.717) is 25.8 Å². The second-order valence-electron chi connectivity index (χ2n) is 8.20. The second-order valence-corrected chi connectivity index (χ2v) is 8.20. The normalized spacial score (nSPS) is 18.0. The van der Waals surface area contributed by atoms with E-state index < -0.39 is 11.4 Å². The van der Waals surface area contributed by atoms with Gasteiger partial charge >= 0.3 is 5.97 Å². The summed E-state index contributed by atoms with van der Waals surface area (Å²) < 4.78 is 1.90. The van der Waals surface area contributed by atoms with Gasteiger partial charge in [-0.25, -0.2) is 0 Å². The van der Waals surface area contributed by atoms with Gasteiger partial charge in [-0.2, -0.15) is 0 Å². The molecule has 1 aliphatic carbocycles. The first-order valence-electron chi connectivity index (χ1n) is 10.2. The highest BCUT2D eigenvalue weighted by atomic mass is 16.4. The van der Waals surface area contributed by atoms with Crippen molar-refractivity contribution in [3.8, 4) is 0 Å². The predicted molar refractivity (Wildman–Crippen MR) is 119 cm³/mol. The minimum absolute atomic E-state index is 0.0624. The molecule has 0 fully saturated rings. The molecule has 1 aliphatic rings. The minimum Gasteiger partial charge on any atom is -0.480 e. The Kier molecular flexibility index (Phi) is 5.20. The number of aliphatic carboxylic acids is 1.